The number of nitrogens with one attached hydrogen (secondary N) is 2. The summed E-state index contributed by atoms with van der Waals surface area (Å²) in [6, 6.07) is 3.60. The SMILES string of the molecule is Cc1ccc(Cl)c(NC(=O)C[NH+]2CCC(C)CC2)c1Cl. The predicted octanol–water partition coefficient (Wildman–Crippen LogP) is 2.56. The summed E-state index contributed by atoms with van der Waals surface area (Å²) in [6.45, 7) is 6.76. The molecule has 1 aliphatic heterocycles. The summed E-state index contributed by atoms with van der Waals surface area (Å²) in [5.41, 5.74) is 1.44. The first kappa shape index (κ1) is 15.6. The molecule has 1 aromatic rings. The maximum absolute atomic E-state index is 12.1. The average Bonchev–Trinajstić information content (AvgIpc) is 2.42. The van der Waals surface area contributed by atoms with Crippen LogP contribution in [-0.4, -0.2) is 25.5 Å². The molecular weight excluding hydrogens is 295 g/mol. The Labute approximate surface area is 130 Å². The number of aryl methyl sites for hydroxylation is 1. The molecule has 0 saturated carbocycles. The van der Waals surface area contributed by atoms with Gasteiger partial charge in [0, 0.05) is 0 Å². The number of carbonyl (C=O) groups excluding carboxylic acids is 1. The molecule has 0 spiro atoms. The highest BCUT2D eigenvalue weighted by molar-refractivity contribution is 6.40. The van der Waals surface area contributed by atoms with Crippen LogP contribution in [0.15, 0.2) is 12.1 Å². The van der Waals surface area contributed by atoms with Crippen LogP contribution in [0, 0.1) is 12.8 Å². The molecule has 1 aromatic carbocycles. The van der Waals surface area contributed by atoms with Crippen LogP contribution in [0.1, 0.15) is 25.3 Å². The van der Waals surface area contributed by atoms with Gasteiger partial charge in [-0.25, -0.2) is 0 Å². The van der Waals surface area contributed by atoms with Gasteiger partial charge in [0.2, 0.25) is 0 Å². The molecule has 0 bridgehead atoms. The van der Waals surface area contributed by atoms with Crippen molar-refractivity contribution in [3.63, 3.8) is 0 Å². The zero-order chi connectivity index (χ0) is 14.7. The minimum atomic E-state index is -0.0241. The first-order valence-corrected chi connectivity index (χ1v) is 7.81. The van der Waals surface area contributed by atoms with E-state index in [1.165, 1.54) is 17.7 Å². The van der Waals surface area contributed by atoms with Crippen molar-refractivity contribution in [3.05, 3.63) is 27.7 Å². The molecule has 1 saturated heterocycles. The van der Waals surface area contributed by atoms with E-state index < -0.39 is 0 Å². The van der Waals surface area contributed by atoms with E-state index in [4.69, 9.17) is 23.2 Å². The van der Waals surface area contributed by atoms with E-state index >= 15 is 0 Å². The number of hydrogen-bond acceptors (Lipinski definition) is 1. The molecule has 1 heterocycles. The highest BCUT2D eigenvalue weighted by Crippen LogP contribution is 2.32. The van der Waals surface area contributed by atoms with Gasteiger partial charge in [0.15, 0.2) is 6.54 Å². The van der Waals surface area contributed by atoms with E-state index in [0.29, 0.717) is 22.3 Å². The number of likely N-dealkylation sites (tertiary alicyclic amines) is 1. The lowest BCUT2D eigenvalue weighted by Crippen LogP contribution is -3.14. The Morgan fingerprint density at radius 3 is 2.65 bits per heavy atom. The number of hydrogen-bond donors (Lipinski definition) is 2. The van der Waals surface area contributed by atoms with Gasteiger partial charge < -0.3 is 10.2 Å². The smallest absolute Gasteiger partial charge is 0.279 e. The zero-order valence-corrected chi connectivity index (χ0v) is 13.4. The van der Waals surface area contributed by atoms with E-state index in [9.17, 15) is 4.79 Å². The summed E-state index contributed by atoms with van der Waals surface area (Å²) in [7, 11) is 0. The van der Waals surface area contributed by atoms with Crippen LogP contribution in [-0.2, 0) is 4.79 Å². The van der Waals surface area contributed by atoms with Gasteiger partial charge >= 0.3 is 0 Å². The molecule has 0 aliphatic carbocycles. The summed E-state index contributed by atoms with van der Waals surface area (Å²) < 4.78 is 0. The van der Waals surface area contributed by atoms with Crippen molar-refractivity contribution < 1.29 is 9.69 Å². The van der Waals surface area contributed by atoms with E-state index in [1.54, 1.807) is 6.07 Å². The van der Waals surface area contributed by atoms with Crippen molar-refractivity contribution in [2.24, 2.45) is 5.92 Å². The summed E-state index contributed by atoms with van der Waals surface area (Å²) in [6.07, 6.45) is 2.38. The molecule has 0 atom stereocenters. The van der Waals surface area contributed by atoms with Crippen LogP contribution in [0.2, 0.25) is 10.0 Å². The first-order valence-electron chi connectivity index (χ1n) is 7.05. The Morgan fingerprint density at radius 1 is 1.35 bits per heavy atom. The van der Waals surface area contributed by atoms with E-state index in [0.717, 1.165) is 24.6 Å². The Bertz CT molecular complexity index is 497. The minimum absolute atomic E-state index is 0.0241. The van der Waals surface area contributed by atoms with Gasteiger partial charge in [0.25, 0.3) is 5.91 Å². The molecular formula is C15H21Cl2N2O+. The molecule has 1 amide bonds. The molecule has 0 unspecified atom stereocenters. The molecule has 0 aromatic heterocycles. The van der Waals surface area contributed by atoms with E-state index in [-0.39, 0.29) is 5.91 Å². The standard InChI is InChI=1S/C15H20Cl2N2O/c1-10-5-7-19(8-6-10)9-13(20)18-15-12(16)4-3-11(2)14(15)17/h3-4,10H,5-9H2,1-2H3,(H,18,20)/p+1. The number of rotatable bonds is 3. The third-order valence-electron chi connectivity index (χ3n) is 3.94. The van der Waals surface area contributed by atoms with E-state index in [2.05, 4.69) is 12.2 Å². The van der Waals surface area contributed by atoms with Gasteiger partial charge in [-0.05, 0) is 37.3 Å². The molecule has 2 rings (SSSR count). The highest BCUT2D eigenvalue weighted by Gasteiger charge is 2.22. The lowest BCUT2D eigenvalue weighted by Gasteiger charge is -2.26. The molecule has 0 radical (unpaired) electrons. The lowest BCUT2D eigenvalue weighted by atomic mass is 9.99. The Balaban J connectivity index is 1.97. The lowest BCUT2D eigenvalue weighted by molar-refractivity contribution is -0.897. The second-order valence-electron chi connectivity index (χ2n) is 5.71. The van der Waals surface area contributed by atoms with Gasteiger partial charge in [-0.1, -0.05) is 36.2 Å². The fourth-order valence-corrected chi connectivity index (χ4v) is 2.99. The van der Waals surface area contributed by atoms with Crippen LogP contribution in [0.25, 0.3) is 0 Å². The van der Waals surface area contributed by atoms with E-state index in [1.807, 2.05) is 13.0 Å². The zero-order valence-electron chi connectivity index (χ0n) is 11.9. The van der Waals surface area contributed by atoms with Gasteiger partial charge in [0.05, 0.1) is 28.8 Å². The van der Waals surface area contributed by atoms with Gasteiger partial charge in [-0.2, -0.15) is 0 Å². The molecule has 20 heavy (non-hydrogen) atoms. The largest absolute Gasteiger partial charge is 0.327 e. The molecule has 2 N–H and O–H groups in total. The number of halogens is 2. The topological polar surface area (TPSA) is 33.5 Å². The normalized spacial score (nSPS) is 22.6. The fourth-order valence-electron chi connectivity index (χ4n) is 2.53. The number of anilines is 1. The quantitative estimate of drug-likeness (QED) is 0.883. The number of benzene rings is 1. The predicted molar refractivity (Wildman–Crippen MR) is 83.8 cm³/mol. The fraction of sp³-hybridized carbons (Fsp3) is 0.533. The first-order chi connectivity index (χ1) is 9.47. The van der Waals surface area contributed by atoms with Crippen molar-refractivity contribution in [2.45, 2.75) is 26.7 Å². The second-order valence-corrected chi connectivity index (χ2v) is 6.50. The van der Waals surface area contributed by atoms with Crippen molar-refractivity contribution >= 4 is 34.8 Å². The van der Waals surface area contributed by atoms with Crippen LogP contribution in [0.3, 0.4) is 0 Å². The maximum atomic E-state index is 12.1. The summed E-state index contributed by atoms with van der Waals surface area (Å²) in [4.78, 5) is 13.5. The van der Waals surface area contributed by atoms with Crippen molar-refractivity contribution in [3.8, 4) is 0 Å². The van der Waals surface area contributed by atoms with Crippen molar-refractivity contribution in [1.29, 1.82) is 0 Å². The molecule has 1 aliphatic rings. The van der Waals surface area contributed by atoms with Gasteiger partial charge in [-0.3, -0.25) is 4.79 Å². The Hall–Kier alpha value is -0.770. The molecule has 5 heteroatoms. The van der Waals surface area contributed by atoms with Crippen LogP contribution in [0.5, 0.6) is 0 Å². The third kappa shape index (κ3) is 3.87. The number of piperidine rings is 1. The second kappa shape index (κ2) is 6.79. The van der Waals surface area contributed by atoms with Gasteiger partial charge in [0.1, 0.15) is 0 Å². The monoisotopic (exact) mass is 315 g/mol. The summed E-state index contributed by atoms with van der Waals surface area (Å²) in [5, 5.41) is 3.86. The van der Waals surface area contributed by atoms with Gasteiger partial charge in [-0.15, -0.1) is 0 Å². The summed E-state index contributed by atoms with van der Waals surface area (Å²) in [5.74, 6) is 0.756. The number of quaternary nitrogens is 1. The van der Waals surface area contributed by atoms with Crippen LogP contribution < -0.4 is 10.2 Å². The minimum Gasteiger partial charge on any atom is -0.327 e. The third-order valence-corrected chi connectivity index (χ3v) is 4.74. The number of amides is 1. The number of carbonyl (C=O) groups is 1. The highest BCUT2D eigenvalue weighted by atomic mass is 35.5. The average molecular weight is 316 g/mol. The van der Waals surface area contributed by atoms with Crippen molar-refractivity contribution in [2.75, 3.05) is 25.0 Å². The molecule has 3 nitrogen and oxygen atoms in total. The van der Waals surface area contributed by atoms with Crippen LogP contribution in [0.4, 0.5) is 5.69 Å². The maximum Gasteiger partial charge on any atom is 0.279 e. The molecule has 110 valence electrons. The van der Waals surface area contributed by atoms with Crippen LogP contribution >= 0.6 is 23.2 Å². The molecule has 1 fully saturated rings. The Kier molecular flexibility index (Phi) is 5.30. The Morgan fingerprint density at radius 2 is 2.00 bits per heavy atom. The summed E-state index contributed by atoms with van der Waals surface area (Å²) >= 11 is 12.3. The van der Waals surface area contributed by atoms with Crippen molar-refractivity contribution in [1.82, 2.24) is 0 Å².